The number of rotatable bonds is 7. The Morgan fingerprint density at radius 1 is 1.52 bits per heavy atom. The molecule has 0 unspecified atom stereocenters. The second kappa shape index (κ2) is 6.62. The van der Waals surface area contributed by atoms with Crippen LogP contribution in [0.5, 0.6) is 0 Å². The van der Waals surface area contributed by atoms with Crippen molar-refractivity contribution in [2.24, 2.45) is 0 Å². The van der Waals surface area contributed by atoms with E-state index in [4.69, 9.17) is 10.5 Å². The highest BCUT2D eigenvalue weighted by Crippen LogP contribution is 2.29. The monoisotopic (exact) mass is 312 g/mol. The summed E-state index contributed by atoms with van der Waals surface area (Å²) in [4.78, 5) is 16.9. The van der Waals surface area contributed by atoms with Crippen LogP contribution < -0.4 is 16.4 Å². The van der Waals surface area contributed by atoms with Crippen LogP contribution in [0.3, 0.4) is 0 Å². The lowest BCUT2D eigenvalue weighted by atomic mass is 9.93. The molecule has 1 heterocycles. The molecule has 1 aromatic heterocycles. The molecule has 1 fully saturated rings. The minimum Gasteiger partial charge on any atom is -0.382 e. The largest absolute Gasteiger partial charge is 0.382 e. The van der Waals surface area contributed by atoms with Crippen LogP contribution in [-0.2, 0) is 4.74 Å². The minimum absolute atomic E-state index is 0.195. The molecule has 21 heavy (non-hydrogen) atoms. The van der Waals surface area contributed by atoms with Crippen molar-refractivity contribution < 1.29 is 9.53 Å². The van der Waals surface area contributed by atoms with Gasteiger partial charge in [-0.3, -0.25) is 4.79 Å². The normalized spacial score (nSPS) is 15.6. The van der Waals surface area contributed by atoms with Gasteiger partial charge >= 0.3 is 0 Å². The van der Waals surface area contributed by atoms with Gasteiger partial charge in [-0.1, -0.05) is 11.3 Å². The number of anilines is 2. The summed E-state index contributed by atoms with van der Waals surface area (Å²) in [6.07, 6.45) is 3.56. The average Bonchev–Trinajstić information content (AvgIpc) is 2.72. The molecule has 0 aliphatic heterocycles. The van der Waals surface area contributed by atoms with Gasteiger partial charge in [0, 0.05) is 19.2 Å². The Morgan fingerprint density at radius 2 is 2.24 bits per heavy atom. The van der Waals surface area contributed by atoms with Crippen LogP contribution in [0.25, 0.3) is 0 Å². The Balaban J connectivity index is 1.92. The van der Waals surface area contributed by atoms with Crippen LogP contribution >= 0.6 is 11.3 Å². The number of carbonyl (C=O) groups excluding carboxylic acids is 1. The van der Waals surface area contributed by atoms with Crippen molar-refractivity contribution in [1.29, 1.82) is 0 Å². The molecule has 0 radical (unpaired) electrons. The van der Waals surface area contributed by atoms with Crippen LogP contribution in [0.4, 0.5) is 10.9 Å². The van der Waals surface area contributed by atoms with Gasteiger partial charge in [-0.2, -0.15) is 0 Å². The number of carbonyl (C=O) groups is 1. The first-order valence-electron chi connectivity index (χ1n) is 7.36. The zero-order chi connectivity index (χ0) is 15.5. The Hall–Kier alpha value is -1.34. The third kappa shape index (κ3) is 4.31. The fourth-order valence-corrected chi connectivity index (χ4v) is 2.98. The Kier molecular flexibility index (Phi) is 5.05. The van der Waals surface area contributed by atoms with Crippen molar-refractivity contribution in [2.75, 3.05) is 24.2 Å². The highest BCUT2D eigenvalue weighted by atomic mass is 32.1. The molecule has 2 rings (SSSR count). The van der Waals surface area contributed by atoms with E-state index in [9.17, 15) is 4.79 Å². The number of nitrogens with zero attached hydrogens (tertiary/aromatic N) is 1. The van der Waals surface area contributed by atoms with Gasteiger partial charge in [-0.05, 0) is 40.0 Å². The summed E-state index contributed by atoms with van der Waals surface area (Å²) in [6.45, 7) is 6.86. The Bertz CT molecular complexity index is 497. The summed E-state index contributed by atoms with van der Waals surface area (Å²) >= 11 is 1.31. The fourth-order valence-electron chi connectivity index (χ4n) is 2.10. The van der Waals surface area contributed by atoms with Crippen molar-refractivity contribution in [3.8, 4) is 0 Å². The molecule has 6 nitrogen and oxygen atoms in total. The number of nitrogens with two attached hydrogens (primary N) is 1. The quantitative estimate of drug-likeness (QED) is 0.718. The molecule has 0 bridgehead atoms. The predicted molar refractivity (Wildman–Crippen MR) is 85.8 cm³/mol. The van der Waals surface area contributed by atoms with Crippen LogP contribution in [-0.4, -0.2) is 35.7 Å². The molecule has 0 spiro atoms. The third-order valence-corrected chi connectivity index (χ3v) is 4.50. The molecule has 1 aromatic rings. The minimum atomic E-state index is -0.392. The number of nitrogens with one attached hydrogen (secondary N) is 2. The van der Waals surface area contributed by atoms with Gasteiger partial charge in [0.1, 0.15) is 10.7 Å². The summed E-state index contributed by atoms with van der Waals surface area (Å²) in [6, 6.07) is 0.475. The van der Waals surface area contributed by atoms with Crippen molar-refractivity contribution in [2.45, 2.75) is 51.7 Å². The molecule has 1 saturated carbocycles. The maximum atomic E-state index is 12.2. The Morgan fingerprint density at radius 3 is 2.81 bits per heavy atom. The summed E-state index contributed by atoms with van der Waals surface area (Å²) in [7, 11) is 0. The third-order valence-electron chi connectivity index (χ3n) is 3.50. The first kappa shape index (κ1) is 16.0. The van der Waals surface area contributed by atoms with E-state index in [1.54, 1.807) is 0 Å². The van der Waals surface area contributed by atoms with E-state index < -0.39 is 5.60 Å². The molecule has 1 amide bonds. The second-order valence-corrected chi connectivity index (χ2v) is 6.88. The van der Waals surface area contributed by atoms with Gasteiger partial charge in [0.05, 0.1) is 5.60 Å². The second-order valence-electron chi connectivity index (χ2n) is 5.88. The van der Waals surface area contributed by atoms with E-state index in [1.807, 2.05) is 20.8 Å². The number of hydrogen-bond acceptors (Lipinski definition) is 6. The molecular formula is C14H24N4O2S. The molecule has 7 heteroatoms. The maximum absolute atomic E-state index is 12.2. The van der Waals surface area contributed by atoms with Crippen LogP contribution in [0.1, 0.15) is 49.7 Å². The van der Waals surface area contributed by atoms with Gasteiger partial charge in [-0.15, -0.1) is 0 Å². The van der Waals surface area contributed by atoms with Gasteiger partial charge in [0.25, 0.3) is 5.91 Å². The molecule has 4 N–H and O–H groups in total. The summed E-state index contributed by atoms with van der Waals surface area (Å²) in [5, 5.41) is 6.90. The van der Waals surface area contributed by atoms with Gasteiger partial charge < -0.3 is 21.1 Å². The average molecular weight is 312 g/mol. The van der Waals surface area contributed by atoms with E-state index in [-0.39, 0.29) is 11.7 Å². The first-order chi connectivity index (χ1) is 9.91. The summed E-state index contributed by atoms with van der Waals surface area (Å²) in [5.41, 5.74) is 5.45. The van der Waals surface area contributed by atoms with E-state index in [1.165, 1.54) is 17.8 Å². The van der Waals surface area contributed by atoms with Crippen LogP contribution in [0, 0.1) is 0 Å². The maximum Gasteiger partial charge on any atom is 0.265 e. The fraction of sp³-hybridized carbons (Fsp3) is 0.714. The van der Waals surface area contributed by atoms with Crippen molar-refractivity contribution in [3.05, 3.63) is 4.88 Å². The lowest BCUT2D eigenvalue weighted by Gasteiger charge is -2.25. The number of thiazole rings is 1. The van der Waals surface area contributed by atoms with Crippen molar-refractivity contribution in [3.63, 3.8) is 0 Å². The van der Waals surface area contributed by atoms with Gasteiger partial charge in [-0.25, -0.2) is 4.98 Å². The summed E-state index contributed by atoms with van der Waals surface area (Å²) < 4.78 is 5.56. The Labute approximate surface area is 129 Å². The van der Waals surface area contributed by atoms with E-state index in [0.717, 1.165) is 18.0 Å². The van der Waals surface area contributed by atoms with Crippen molar-refractivity contribution in [1.82, 2.24) is 10.3 Å². The number of hydrogen-bond donors (Lipinski definition) is 3. The lowest BCUT2D eigenvalue weighted by molar-refractivity contribution is -0.00812. The lowest BCUT2D eigenvalue weighted by Crippen LogP contribution is -2.40. The van der Waals surface area contributed by atoms with Gasteiger partial charge in [0.2, 0.25) is 0 Å². The highest BCUT2D eigenvalue weighted by molar-refractivity contribution is 7.18. The molecule has 0 saturated heterocycles. The van der Waals surface area contributed by atoms with Crippen LogP contribution in [0.2, 0.25) is 0 Å². The van der Waals surface area contributed by atoms with Gasteiger partial charge in [0.15, 0.2) is 5.13 Å². The smallest absolute Gasteiger partial charge is 0.265 e. The summed E-state index contributed by atoms with van der Waals surface area (Å²) in [5.74, 6) is 0.0907. The number of nitrogen functional groups attached to an aromatic ring is 1. The molecule has 118 valence electrons. The molecule has 0 aromatic carbocycles. The molecule has 0 atom stereocenters. The number of amides is 1. The predicted octanol–water partition coefficient (Wildman–Crippen LogP) is 2.23. The standard InChI is InChI=1S/C14H24N4O2S/c1-4-20-14(2,3)8-16-12(19)10-11(15)18-13(21-10)17-9-6-5-7-9/h9H,4-8,15H2,1-3H3,(H,16,19)(H,17,18). The van der Waals surface area contributed by atoms with Crippen LogP contribution in [0.15, 0.2) is 0 Å². The molecule has 1 aliphatic carbocycles. The van der Waals surface area contributed by atoms with Crippen molar-refractivity contribution >= 4 is 28.2 Å². The zero-order valence-electron chi connectivity index (χ0n) is 12.9. The highest BCUT2D eigenvalue weighted by Gasteiger charge is 2.23. The molecular weight excluding hydrogens is 288 g/mol. The number of ether oxygens (including phenoxy) is 1. The van der Waals surface area contributed by atoms with E-state index in [2.05, 4.69) is 15.6 Å². The first-order valence-corrected chi connectivity index (χ1v) is 8.18. The van der Waals surface area contributed by atoms with E-state index >= 15 is 0 Å². The number of aromatic nitrogens is 1. The zero-order valence-corrected chi connectivity index (χ0v) is 13.7. The molecule has 1 aliphatic rings. The van der Waals surface area contributed by atoms with E-state index in [0.29, 0.717) is 24.1 Å². The topological polar surface area (TPSA) is 89.3 Å². The SMILES string of the molecule is CCOC(C)(C)CNC(=O)c1sc(NC2CCC2)nc1N.